The number of allylic oxidation sites excluding steroid dienone is 4. The average Bonchev–Trinajstić information content (AvgIpc) is 2.78. The van der Waals surface area contributed by atoms with Crippen LogP contribution in [0.4, 0.5) is 4.39 Å². The molecule has 3 fully saturated rings. The molecule has 0 spiro atoms. The van der Waals surface area contributed by atoms with E-state index in [1.54, 1.807) is 0 Å². The second-order valence-corrected chi connectivity index (χ2v) is 9.42. The molecule has 4 rings (SSSR count). The van der Waals surface area contributed by atoms with E-state index >= 15 is 4.39 Å². The highest BCUT2D eigenvalue weighted by molar-refractivity contribution is 5.36. The Morgan fingerprint density at radius 1 is 1.22 bits per heavy atom. The summed E-state index contributed by atoms with van der Waals surface area (Å²) >= 11 is 0. The van der Waals surface area contributed by atoms with E-state index in [0.29, 0.717) is 11.3 Å². The lowest BCUT2D eigenvalue weighted by molar-refractivity contribution is -0.126. The molecule has 0 aromatic heterocycles. The summed E-state index contributed by atoms with van der Waals surface area (Å²) in [6.07, 6.45) is 14.3. The normalized spacial score (nSPS) is 54.9. The molecule has 0 amide bonds. The van der Waals surface area contributed by atoms with Gasteiger partial charge >= 0.3 is 0 Å². The van der Waals surface area contributed by atoms with Crippen molar-refractivity contribution in [1.29, 1.82) is 0 Å². The molecule has 0 aromatic rings. The van der Waals surface area contributed by atoms with Gasteiger partial charge in [0.2, 0.25) is 0 Å². The third-order valence-corrected chi connectivity index (χ3v) is 8.75. The van der Waals surface area contributed by atoms with Crippen molar-refractivity contribution in [2.24, 2.45) is 34.5 Å². The Bertz CT molecular complexity index is 560. The standard InChI is InChI=1S/C22H33F/c1-5-17-15(2)14-19-18-10-9-16-8-6-7-11-21(16,4)22(18,23)13-12-20(17,19)3/h7-8,11,15,17-19H,5-6,9-10,12-14H2,1-4H3/t15?,17-,18-,19-,20+,21-,22+/m0/s1. The third kappa shape index (κ3) is 1.83. The average molecular weight is 317 g/mol. The van der Waals surface area contributed by atoms with Crippen molar-refractivity contribution in [3.8, 4) is 0 Å². The first-order valence-corrected chi connectivity index (χ1v) is 9.93. The Balaban J connectivity index is 1.75. The molecule has 1 unspecified atom stereocenters. The largest absolute Gasteiger partial charge is 0.242 e. The monoisotopic (exact) mass is 316 g/mol. The minimum absolute atomic E-state index is 0.269. The summed E-state index contributed by atoms with van der Waals surface area (Å²) in [5, 5.41) is 0. The van der Waals surface area contributed by atoms with Crippen LogP contribution in [0.25, 0.3) is 0 Å². The Morgan fingerprint density at radius 3 is 2.74 bits per heavy atom. The number of alkyl halides is 1. The second kappa shape index (κ2) is 4.96. The summed E-state index contributed by atoms with van der Waals surface area (Å²) in [6, 6.07) is 0. The Hall–Kier alpha value is -0.590. The first kappa shape index (κ1) is 15.9. The van der Waals surface area contributed by atoms with E-state index in [1.165, 1.54) is 18.4 Å². The molecular weight excluding hydrogens is 283 g/mol. The zero-order valence-electron chi connectivity index (χ0n) is 15.4. The minimum Gasteiger partial charge on any atom is -0.242 e. The van der Waals surface area contributed by atoms with Gasteiger partial charge in [-0.25, -0.2) is 4.39 Å². The Labute approximate surface area is 141 Å². The fourth-order valence-corrected chi connectivity index (χ4v) is 7.56. The highest BCUT2D eigenvalue weighted by Crippen LogP contribution is 2.70. The van der Waals surface area contributed by atoms with Gasteiger partial charge in [-0.3, -0.25) is 0 Å². The fraction of sp³-hybridized carbons (Fsp3) is 0.818. The lowest BCUT2D eigenvalue weighted by atomic mass is 9.46. The first-order chi connectivity index (χ1) is 10.9. The number of rotatable bonds is 1. The molecule has 4 aliphatic rings. The van der Waals surface area contributed by atoms with E-state index in [1.807, 2.05) is 0 Å². The van der Waals surface area contributed by atoms with Gasteiger partial charge in [0, 0.05) is 5.41 Å². The van der Waals surface area contributed by atoms with Crippen molar-refractivity contribution < 1.29 is 4.39 Å². The number of hydrogen-bond donors (Lipinski definition) is 0. The van der Waals surface area contributed by atoms with Crippen LogP contribution in [0.3, 0.4) is 0 Å². The molecule has 0 radical (unpaired) electrons. The van der Waals surface area contributed by atoms with E-state index in [-0.39, 0.29) is 11.3 Å². The molecule has 3 saturated carbocycles. The molecular formula is C22H33F. The third-order valence-electron chi connectivity index (χ3n) is 8.75. The van der Waals surface area contributed by atoms with Crippen LogP contribution in [-0.4, -0.2) is 5.67 Å². The summed E-state index contributed by atoms with van der Waals surface area (Å²) in [4.78, 5) is 0. The number of hydrogen-bond acceptors (Lipinski definition) is 0. The van der Waals surface area contributed by atoms with E-state index in [0.717, 1.165) is 43.9 Å². The molecule has 0 bridgehead atoms. The number of halogens is 1. The summed E-state index contributed by atoms with van der Waals surface area (Å²) in [5.41, 5.74) is 0.425. The van der Waals surface area contributed by atoms with Gasteiger partial charge in [0.1, 0.15) is 5.67 Å². The molecule has 0 nitrogen and oxygen atoms in total. The molecule has 0 heterocycles. The quantitative estimate of drug-likeness (QED) is 0.486. The summed E-state index contributed by atoms with van der Waals surface area (Å²) in [6.45, 7) is 9.46. The minimum atomic E-state index is -1.01. The zero-order valence-corrected chi connectivity index (χ0v) is 15.4. The van der Waals surface area contributed by atoms with Gasteiger partial charge in [0.25, 0.3) is 0 Å². The van der Waals surface area contributed by atoms with Crippen LogP contribution in [0.2, 0.25) is 0 Å². The van der Waals surface area contributed by atoms with Crippen molar-refractivity contribution in [1.82, 2.24) is 0 Å². The predicted molar refractivity (Wildman–Crippen MR) is 94.9 cm³/mol. The van der Waals surface area contributed by atoms with Crippen LogP contribution in [0.15, 0.2) is 23.8 Å². The van der Waals surface area contributed by atoms with Crippen LogP contribution >= 0.6 is 0 Å². The second-order valence-electron chi connectivity index (χ2n) is 9.42. The molecule has 23 heavy (non-hydrogen) atoms. The fourth-order valence-electron chi connectivity index (χ4n) is 7.56. The van der Waals surface area contributed by atoms with Crippen molar-refractivity contribution in [3.63, 3.8) is 0 Å². The molecule has 0 N–H and O–H groups in total. The maximum Gasteiger partial charge on any atom is 0.126 e. The lowest BCUT2D eigenvalue weighted by Crippen LogP contribution is -2.59. The molecule has 0 aromatic carbocycles. The highest BCUT2D eigenvalue weighted by atomic mass is 19.1. The van der Waals surface area contributed by atoms with Gasteiger partial charge in [-0.2, -0.15) is 0 Å². The SMILES string of the molecule is CC[C@H]1C(C)C[C@H]2[C@@H]3CCC4=CCC=C[C@]4(C)[C@@]3(F)CC[C@]12C. The molecule has 0 aliphatic heterocycles. The van der Waals surface area contributed by atoms with Crippen LogP contribution in [0, 0.1) is 34.5 Å². The highest BCUT2D eigenvalue weighted by Gasteiger charge is 2.66. The Morgan fingerprint density at radius 2 is 2.00 bits per heavy atom. The van der Waals surface area contributed by atoms with Crippen molar-refractivity contribution in [2.45, 2.75) is 78.3 Å². The van der Waals surface area contributed by atoms with Gasteiger partial charge in [-0.05, 0) is 74.5 Å². The zero-order chi connectivity index (χ0) is 16.5. The van der Waals surface area contributed by atoms with E-state index in [4.69, 9.17) is 0 Å². The van der Waals surface area contributed by atoms with Gasteiger partial charge < -0.3 is 0 Å². The van der Waals surface area contributed by atoms with Gasteiger partial charge in [-0.15, -0.1) is 0 Å². The maximum absolute atomic E-state index is 16.6. The Kier molecular flexibility index (Phi) is 3.43. The molecule has 128 valence electrons. The van der Waals surface area contributed by atoms with Crippen LogP contribution < -0.4 is 0 Å². The van der Waals surface area contributed by atoms with E-state index in [9.17, 15) is 0 Å². The van der Waals surface area contributed by atoms with Crippen LogP contribution in [-0.2, 0) is 0 Å². The van der Waals surface area contributed by atoms with Crippen LogP contribution in [0.1, 0.15) is 72.6 Å². The van der Waals surface area contributed by atoms with E-state index in [2.05, 4.69) is 45.9 Å². The summed E-state index contributed by atoms with van der Waals surface area (Å²) < 4.78 is 16.6. The first-order valence-electron chi connectivity index (χ1n) is 9.93. The van der Waals surface area contributed by atoms with Crippen LogP contribution in [0.5, 0.6) is 0 Å². The summed E-state index contributed by atoms with van der Waals surface area (Å²) in [5.74, 6) is 2.42. The molecule has 4 aliphatic carbocycles. The van der Waals surface area contributed by atoms with Gasteiger partial charge in [-0.1, -0.05) is 51.0 Å². The molecule has 0 saturated heterocycles. The lowest BCUT2D eigenvalue weighted by Gasteiger charge is -2.60. The van der Waals surface area contributed by atoms with Gasteiger partial charge in [0.05, 0.1) is 0 Å². The molecule has 1 heteroatoms. The van der Waals surface area contributed by atoms with Crippen molar-refractivity contribution in [2.75, 3.05) is 0 Å². The predicted octanol–water partition coefficient (Wildman–Crippen LogP) is 6.48. The number of fused-ring (bicyclic) bond motifs is 5. The van der Waals surface area contributed by atoms with E-state index < -0.39 is 5.67 Å². The smallest absolute Gasteiger partial charge is 0.126 e. The van der Waals surface area contributed by atoms with Gasteiger partial charge in [0.15, 0.2) is 0 Å². The van der Waals surface area contributed by atoms with Crippen molar-refractivity contribution >= 4 is 0 Å². The van der Waals surface area contributed by atoms with Crippen molar-refractivity contribution in [3.05, 3.63) is 23.8 Å². The maximum atomic E-state index is 16.6. The summed E-state index contributed by atoms with van der Waals surface area (Å²) in [7, 11) is 0. The topological polar surface area (TPSA) is 0 Å². The molecule has 7 atom stereocenters.